The van der Waals surface area contributed by atoms with Gasteiger partial charge in [-0.1, -0.05) is 24.3 Å². The van der Waals surface area contributed by atoms with E-state index in [0.29, 0.717) is 6.42 Å². The standard InChI is InChI=1S/C17H21N3O3S/c1-20(23-2)17(22)15(10-11-24-3)19-16(21)14-9-8-12-6-4-5-7-13(12)18-14/h4-9,15H,10-11H2,1-3H3,(H,19,21). The molecule has 0 radical (unpaired) electrons. The van der Waals surface area contributed by atoms with Crippen LogP contribution in [0.5, 0.6) is 0 Å². The first kappa shape index (κ1) is 18.2. The molecule has 0 spiro atoms. The number of thioether (sulfide) groups is 1. The Bertz CT molecular complexity index is 723. The molecule has 1 N–H and O–H groups in total. The highest BCUT2D eigenvalue weighted by Gasteiger charge is 2.24. The number of aromatic nitrogens is 1. The molecule has 0 saturated heterocycles. The molecule has 2 rings (SSSR count). The summed E-state index contributed by atoms with van der Waals surface area (Å²) in [5.41, 5.74) is 1.03. The first-order chi connectivity index (χ1) is 11.6. The summed E-state index contributed by atoms with van der Waals surface area (Å²) < 4.78 is 0. The molecule has 128 valence electrons. The molecule has 1 unspecified atom stereocenters. The van der Waals surface area contributed by atoms with E-state index in [9.17, 15) is 9.59 Å². The van der Waals surface area contributed by atoms with Crippen molar-refractivity contribution in [2.75, 3.05) is 26.2 Å². The van der Waals surface area contributed by atoms with Crippen LogP contribution in [0, 0.1) is 0 Å². The zero-order valence-electron chi connectivity index (χ0n) is 14.0. The third-order valence-corrected chi connectivity index (χ3v) is 4.27. The van der Waals surface area contributed by atoms with Crippen molar-refractivity contribution in [1.29, 1.82) is 0 Å². The van der Waals surface area contributed by atoms with Crippen LogP contribution in [-0.4, -0.2) is 54.1 Å². The van der Waals surface area contributed by atoms with Gasteiger partial charge in [0, 0.05) is 12.4 Å². The number of pyridine rings is 1. The Morgan fingerprint density at radius 1 is 1.29 bits per heavy atom. The lowest BCUT2D eigenvalue weighted by Gasteiger charge is -2.22. The molecular weight excluding hydrogens is 326 g/mol. The lowest BCUT2D eigenvalue weighted by atomic mass is 10.1. The molecule has 2 amide bonds. The number of hydrogen-bond acceptors (Lipinski definition) is 5. The van der Waals surface area contributed by atoms with Crippen molar-refractivity contribution in [3.8, 4) is 0 Å². The van der Waals surface area contributed by atoms with Crippen LogP contribution in [0.15, 0.2) is 36.4 Å². The molecule has 1 heterocycles. The Morgan fingerprint density at radius 2 is 2.04 bits per heavy atom. The monoisotopic (exact) mass is 347 g/mol. The summed E-state index contributed by atoms with van der Waals surface area (Å²) in [5, 5.41) is 4.85. The van der Waals surface area contributed by atoms with Crippen molar-refractivity contribution in [3.05, 3.63) is 42.1 Å². The number of benzene rings is 1. The van der Waals surface area contributed by atoms with Gasteiger partial charge in [-0.05, 0) is 30.6 Å². The lowest BCUT2D eigenvalue weighted by molar-refractivity contribution is -0.170. The van der Waals surface area contributed by atoms with Crippen LogP contribution < -0.4 is 5.32 Å². The molecule has 0 saturated carbocycles. The van der Waals surface area contributed by atoms with Crippen molar-refractivity contribution in [2.24, 2.45) is 0 Å². The molecule has 0 aliphatic heterocycles. The van der Waals surface area contributed by atoms with Crippen LogP contribution in [0.2, 0.25) is 0 Å². The number of para-hydroxylation sites is 1. The molecule has 0 aliphatic carbocycles. The maximum absolute atomic E-state index is 12.5. The first-order valence-corrected chi connectivity index (χ1v) is 8.93. The number of hydroxylamine groups is 2. The third-order valence-electron chi connectivity index (χ3n) is 3.63. The number of hydrogen-bond donors (Lipinski definition) is 1. The SMILES string of the molecule is CON(C)C(=O)C(CCSC)NC(=O)c1ccc2ccccc2n1. The summed E-state index contributed by atoms with van der Waals surface area (Å²) in [7, 11) is 2.94. The van der Waals surface area contributed by atoms with Crippen molar-refractivity contribution in [1.82, 2.24) is 15.4 Å². The molecule has 1 aromatic carbocycles. The fraction of sp³-hybridized carbons (Fsp3) is 0.353. The Labute approximate surface area is 145 Å². The molecule has 0 fully saturated rings. The highest BCUT2D eigenvalue weighted by Crippen LogP contribution is 2.12. The van der Waals surface area contributed by atoms with Gasteiger partial charge in [-0.3, -0.25) is 14.4 Å². The number of fused-ring (bicyclic) bond motifs is 1. The Hall–Kier alpha value is -2.12. The van der Waals surface area contributed by atoms with Crippen LogP contribution >= 0.6 is 11.8 Å². The summed E-state index contributed by atoms with van der Waals surface area (Å²) >= 11 is 1.61. The van der Waals surface area contributed by atoms with E-state index < -0.39 is 6.04 Å². The summed E-state index contributed by atoms with van der Waals surface area (Å²) in [6, 6.07) is 10.4. The highest BCUT2D eigenvalue weighted by molar-refractivity contribution is 7.98. The van der Waals surface area contributed by atoms with E-state index in [1.54, 1.807) is 17.8 Å². The number of amides is 2. The van der Waals surface area contributed by atoms with Gasteiger partial charge in [-0.2, -0.15) is 11.8 Å². The van der Waals surface area contributed by atoms with Crippen LogP contribution in [0.4, 0.5) is 0 Å². The second-order valence-corrected chi connectivity index (χ2v) is 6.20. The van der Waals surface area contributed by atoms with Gasteiger partial charge in [-0.25, -0.2) is 10.0 Å². The van der Waals surface area contributed by atoms with E-state index in [1.807, 2.05) is 36.6 Å². The van der Waals surface area contributed by atoms with Crippen molar-refractivity contribution < 1.29 is 14.4 Å². The van der Waals surface area contributed by atoms with E-state index in [-0.39, 0.29) is 17.5 Å². The lowest BCUT2D eigenvalue weighted by Crippen LogP contribution is -2.47. The number of rotatable bonds is 7. The fourth-order valence-corrected chi connectivity index (χ4v) is 2.70. The van der Waals surface area contributed by atoms with Gasteiger partial charge in [0.05, 0.1) is 12.6 Å². The number of nitrogens with zero attached hydrogens (tertiary/aromatic N) is 2. The Kier molecular flexibility index (Phi) is 6.57. The van der Waals surface area contributed by atoms with E-state index in [4.69, 9.17) is 4.84 Å². The zero-order chi connectivity index (χ0) is 17.5. The van der Waals surface area contributed by atoms with E-state index in [2.05, 4.69) is 10.3 Å². The quantitative estimate of drug-likeness (QED) is 0.777. The zero-order valence-corrected chi connectivity index (χ0v) is 14.8. The molecule has 0 bridgehead atoms. The summed E-state index contributed by atoms with van der Waals surface area (Å²) in [6.45, 7) is 0. The van der Waals surface area contributed by atoms with Crippen LogP contribution in [0.25, 0.3) is 10.9 Å². The molecule has 2 aromatic rings. The van der Waals surface area contributed by atoms with Gasteiger partial charge in [0.2, 0.25) is 0 Å². The predicted molar refractivity (Wildman–Crippen MR) is 95.8 cm³/mol. The fourth-order valence-electron chi connectivity index (χ4n) is 2.23. The molecule has 0 aliphatic rings. The Balaban J connectivity index is 2.16. The molecule has 24 heavy (non-hydrogen) atoms. The molecule has 1 atom stereocenters. The van der Waals surface area contributed by atoms with Crippen molar-refractivity contribution >= 4 is 34.5 Å². The topological polar surface area (TPSA) is 71.5 Å². The van der Waals surface area contributed by atoms with E-state index in [0.717, 1.165) is 21.7 Å². The van der Waals surface area contributed by atoms with Gasteiger partial charge >= 0.3 is 0 Å². The average molecular weight is 347 g/mol. The average Bonchev–Trinajstić information content (AvgIpc) is 2.63. The van der Waals surface area contributed by atoms with Crippen LogP contribution in [-0.2, 0) is 9.63 Å². The van der Waals surface area contributed by atoms with Crippen LogP contribution in [0.1, 0.15) is 16.9 Å². The van der Waals surface area contributed by atoms with Crippen molar-refractivity contribution in [3.63, 3.8) is 0 Å². The number of nitrogens with one attached hydrogen (secondary N) is 1. The largest absolute Gasteiger partial charge is 0.339 e. The van der Waals surface area contributed by atoms with Gasteiger partial charge in [0.1, 0.15) is 11.7 Å². The number of likely N-dealkylation sites (N-methyl/N-ethyl adjacent to an activating group) is 1. The normalized spacial score (nSPS) is 12.0. The maximum atomic E-state index is 12.5. The maximum Gasteiger partial charge on any atom is 0.270 e. The van der Waals surface area contributed by atoms with Gasteiger partial charge < -0.3 is 5.32 Å². The second kappa shape index (κ2) is 8.65. The third kappa shape index (κ3) is 4.46. The smallest absolute Gasteiger partial charge is 0.270 e. The van der Waals surface area contributed by atoms with Gasteiger partial charge in [0.15, 0.2) is 0 Å². The number of carbonyl (C=O) groups excluding carboxylic acids is 2. The molecular formula is C17H21N3O3S. The minimum Gasteiger partial charge on any atom is -0.339 e. The summed E-state index contributed by atoms with van der Waals surface area (Å²) in [5.74, 6) is 0.0877. The molecule has 1 aromatic heterocycles. The summed E-state index contributed by atoms with van der Waals surface area (Å²) in [6.07, 6.45) is 2.47. The Morgan fingerprint density at radius 3 is 2.75 bits per heavy atom. The van der Waals surface area contributed by atoms with Crippen molar-refractivity contribution in [2.45, 2.75) is 12.5 Å². The predicted octanol–water partition coefficient (Wildman–Crippen LogP) is 2.11. The molecule has 7 heteroatoms. The number of carbonyl (C=O) groups is 2. The first-order valence-electron chi connectivity index (χ1n) is 7.54. The highest BCUT2D eigenvalue weighted by atomic mass is 32.2. The second-order valence-electron chi connectivity index (χ2n) is 5.21. The van der Waals surface area contributed by atoms with E-state index >= 15 is 0 Å². The van der Waals surface area contributed by atoms with Crippen LogP contribution in [0.3, 0.4) is 0 Å². The minimum absolute atomic E-state index is 0.288. The molecule has 6 nitrogen and oxygen atoms in total. The van der Waals surface area contributed by atoms with E-state index in [1.165, 1.54) is 14.2 Å². The van der Waals surface area contributed by atoms with Gasteiger partial charge in [-0.15, -0.1) is 0 Å². The summed E-state index contributed by atoms with van der Waals surface area (Å²) in [4.78, 5) is 34.1. The minimum atomic E-state index is -0.650. The van der Waals surface area contributed by atoms with Gasteiger partial charge in [0.25, 0.3) is 11.8 Å².